The first-order chi connectivity index (χ1) is 8.82. The van der Waals surface area contributed by atoms with Crippen LogP contribution in [0, 0.1) is 11.3 Å². The fraction of sp³-hybridized carbons (Fsp3) is 0.800. The zero-order valence-electron chi connectivity index (χ0n) is 9.76. The topological polar surface area (TPSA) is 77.6 Å². The second-order valence-corrected chi connectivity index (χ2v) is 5.22. The fourth-order valence-corrected chi connectivity index (χ4v) is 2.99. The maximum atomic E-state index is 13.3. The van der Waals surface area contributed by atoms with Crippen LogP contribution in [0.1, 0.15) is 12.8 Å². The van der Waals surface area contributed by atoms with E-state index in [4.69, 9.17) is 5.11 Å². The van der Waals surface area contributed by atoms with Crippen LogP contribution in [0.2, 0.25) is 0 Å². The average Bonchev–Trinajstić information content (AvgIpc) is 2.92. The molecule has 2 heterocycles. The van der Waals surface area contributed by atoms with Gasteiger partial charge in [-0.1, -0.05) is 0 Å². The van der Waals surface area contributed by atoms with Gasteiger partial charge in [-0.2, -0.15) is 18.3 Å². The van der Waals surface area contributed by atoms with Crippen molar-refractivity contribution < 1.29 is 23.1 Å². The van der Waals surface area contributed by atoms with Crippen LogP contribution in [0.5, 0.6) is 0 Å². The lowest BCUT2D eigenvalue weighted by atomic mass is 9.69. The third-order valence-electron chi connectivity index (χ3n) is 4.35. The second kappa shape index (κ2) is 3.45. The van der Waals surface area contributed by atoms with Crippen LogP contribution in [-0.4, -0.2) is 47.1 Å². The molecule has 2 fully saturated rings. The second-order valence-electron chi connectivity index (χ2n) is 5.22. The highest BCUT2D eigenvalue weighted by atomic mass is 19.4. The molecule has 1 saturated carbocycles. The maximum Gasteiger partial charge on any atom is 0.407 e. The lowest BCUT2D eigenvalue weighted by Crippen LogP contribution is -2.64. The predicted octanol–water partition coefficient (Wildman–Crippen LogP) is 2.13. The molecule has 0 bridgehead atoms. The first kappa shape index (κ1) is 12.4. The molecule has 3 aliphatic rings. The molecule has 0 aromatic heterocycles. The third kappa shape index (κ3) is 1.44. The smallest absolute Gasteiger partial charge is 0.407 e. The lowest BCUT2D eigenvalue weighted by molar-refractivity contribution is -0.207. The van der Waals surface area contributed by atoms with Crippen molar-refractivity contribution in [2.45, 2.75) is 24.6 Å². The normalized spacial score (nSPS) is 32.5. The Hall–Kier alpha value is -1.67. The van der Waals surface area contributed by atoms with Gasteiger partial charge in [-0.25, -0.2) is 4.79 Å². The highest BCUT2D eigenvalue weighted by Crippen LogP contribution is 2.67. The Labute approximate surface area is 106 Å². The van der Waals surface area contributed by atoms with Gasteiger partial charge in [0, 0.05) is 19.0 Å². The van der Waals surface area contributed by atoms with E-state index >= 15 is 0 Å². The van der Waals surface area contributed by atoms with Crippen LogP contribution < -0.4 is 0 Å². The number of nitrogens with zero attached hydrogens (tertiary/aromatic N) is 4. The van der Waals surface area contributed by atoms with Crippen molar-refractivity contribution >= 4 is 12.3 Å². The van der Waals surface area contributed by atoms with Crippen molar-refractivity contribution in [3.05, 3.63) is 0 Å². The molecule has 0 aromatic carbocycles. The summed E-state index contributed by atoms with van der Waals surface area (Å²) in [4.78, 5) is 11.8. The van der Waals surface area contributed by atoms with Gasteiger partial charge >= 0.3 is 12.3 Å². The Balaban J connectivity index is 1.89. The van der Waals surface area contributed by atoms with Crippen LogP contribution in [0.25, 0.3) is 0 Å². The van der Waals surface area contributed by atoms with Crippen molar-refractivity contribution in [1.29, 1.82) is 0 Å². The van der Waals surface area contributed by atoms with E-state index in [0.717, 1.165) is 11.1 Å². The van der Waals surface area contributed by atoms with E-state index in [1.165, 1.54) is 0 Å². The van der Waals surface area contributed by atoms with Crippen molar-refractivity contribution in [2.24, 2.45) is 26.8 Å². The van der Waals surface area contributed by atoms with E-state index < -0.39 is 29.1 Å². The number of carbonyl (C=O) groups is 1. The van der Waals surface area contributed by atoms with Crippen LogP contribution in [0.3, 0.4) is 0 Å². The number of amides is 1. The molecule has 9 heteroatoms. The van der Waals surface area contributed by atoms with Gasteiger partial charge < -0.3 is 10.0 Å². The number of halogens is 3. The molecule has 1 amide bonds. The molecule has 0 radical (unpaired) electrons. The summed E-state index contributed by atoms with van der Waals surface area (Å²) >= 11 is 0. The van der Waals surface area contributed by atoms with Crippen LogP contribution in [0.4, 0.5) is 18.0 Å². The summed E-state index contributed by atoms with van der Waals surface area (Å²) in [6.07, 6.45) is -4.38. The Morgan fingerprint density at radius 2 is 2.00 bits per heavy atom. The van der Waals surface area contributed by atoms with E-state index in [9.17, 15) is 18.0 Å². The predicted molar refractivity (Wildman–Crippen MR) is 56.9 cm³/mol. The number of hydrogen-bond acceptors (Lipinski definition) is 4. The Kier molecular flexibility index (Phi) is 2.25. The van der Waals surface area contributed by atoms with E-state index in [2.05, 4.69) is 15.4 Å². The summed E-state index contributed by atoms with van der Waals surface area (Å²) in [6, 6.07) is 0. The molecule has 3 rings (SSSR count). The van der Waals surface area contributed by atoms with Crippen molar-refractivity contribution in [1.82, 2.24) is 4.90 Å². The summed E-state index contributed by atoms with van der Waals surface area (Å²) in [7, 11) is 0. The Morgan fingerprint density at radius 1 is 1.37 bits per heavy atom. The van der Waals surface area contributed by atoms with Gasteiger partial charge in [0.05, 0.1) is 11.6 Å². The first-order valence-corrected chi connectivity index (χ1v) is 5.83. The molecule has 1 aliphatic carbocycles. The summed E-state index contributed by atoms with van der Waals surface area (Å²) in [5.74, 6) is -0.511. The molecule has 1 atom stereocenters. The van der Waals surface area contributed by atoms with E-state index in [-0.39, 0.29) is 25.9 Å². The maximum absolute atomic E-state index is 13.3. The van der Waals surface area contributed by atoms with Crippen LogP contribution >= 0.6 is 0 Å². The van der Waals surface area contributed by atoms with Crippen molar-refractivity contribution in [3.63, 3.8) is 0 Å². The molecule has 1 saturated heterocycles. The monoisotopic (exact) mass is 276 g/mol. The quantitative estimate of drug-likeness (QED) is 0.838. The van der Waals surface area contributed by atoms with Crippen molar-refractivity contribution in [2.75, 3.05) is 13.1 Å². The molecule has 2 aliphatic heterocycles. The number of likely N-dealkylation sites (tertiary alicyclic amines) is 1. The minimum Gasteiger partial charge on any atom is -0.465 e. The highest BCUT2D eigenvalue weighted by molar-refractivity contribution is 5.76. The largest absolute Gasteiger partial charge is 0.465 e. The Bertz CT molecular complexity index is 466. The number of hydrogen-bond donors (Lipinski definition) is 1. The van der Waals surface area contributed by atoms with E-state index in [1.807, 2.05) is 0 Å². The molecule has 6 nitrogen and oxygen atoms in total. The van der Waals surface area contributed by atoms with Gasteiger partial charge in [0.2, 0.25) is 0 Å². The highest BCUT2D eigenvalue weighted by Gasteiger charge is 2.77. The summed E-state index contributed by atoms with van der Waals surface area (Å²) < 4.78 is 39.8. The van der Waals surface area contributed by atoms with Gasteiger partial charge in [-0.15, -0.1) is 5.10 Å². The standard InChI is InChI=1S/C10H11F3N4O2/c11-10(12,13)8(1-2-8)9(5-14-16-15-9)6-3-17(4-6)7(18)19/h5-6H,1-4H2,(H,18,19). The minimum absolute atomic E-state index is 0.00882. The zero-order chi connectivity index (χ0) is 13.9. The third-order valence-corrected chi connectivity index (χ3v) is 4.35. The number of carboxylic acid groups (broad SMARTS) is 1. The zero-order valence-corrected chi connectivity index (χ0v) is 9.76. The molecular formula is C10H11F3N4O2. The molecule has 19 heavy (non-hydrogen) atoms. The van der Waals surface area contributed by atoms with Crippen molar-refractivity contribution in [3.8, 4) is 0 Å². The van der Waals surface area contributed by atoms with Gasteiger partial charge in [0.1, 0.15) is 5.54 Å². The molecule has 0 aromatic rings. The molecule has 1 unspecified atom stereocenters. The Morgan fingerprint density at radius 3 is 2.37 bits per heavy atom. The van der Waals surface area contributed by atoms with Gasteiger partial charge in [-0.05, 0) is 18.1 Å². The fourth-order valence-electron chi connectivity index (χ4n) is 2.99. The van der Waals surface area contributed by atoms with Gasteiger partial charge in [-0.3, -0.25) is 0 Å². The lowest BCUT2D eigenvalue weighted by Gasteiger charge is -2.47. The van der Waals surface area contributed by atoms with Gasteiger partial charge in [0.15, 0.2) is 0 Å². The SMILES string of the molecule is O=C(O)N1CC(C2(C3(C(F)(F)F)CC3)C=NN=N2)C1. The molecule has 0 spiro atoms. The summed E-state index contributed by atoms with van der Waals surface area (Å²) in [5.41, 5.74) is -3.43. The summed E-state index contributed by atoms with van der Waals surface area (Å²) in [5, 5.41) is 19.4. The minimum atomic E-state index is -4.38. The molecule has 1 N–H and O–H groups in total. The average molecular weight is 276 g/mol. The van der Waals surface area contributed by atoms with Crippen LogP contribution in [-0.2, 0) is 0 Å². The summed E-state index contributed by atoms with van der Waals surface area (Å²) in [6.45, 7) is 0.0798. The number of alkyl halides is 3. The molecule has 104 valence electrons. The van der Waals surface area contributed by atoms with Crippen LogP contribution in [0.15, 0.2) is 15.4 Å². The van der Waals surface area contributed by atoms with E-state index in [1.54, 1.807) is 0 Å². The van der Waals surface area contributed by atoms with Gasteiger partial charge in [0.25, 0.3) is 0 Å². The van der Waals surface area contributed by atoms with E-state index in [0.29, 0.717) is 0 Å². The number of rotatable bonds is 2. The first-order valence-electron chi connectivity index (χ1n) is 5.83. The molecular weight excluding hydrogens is 265 g/mol.